The second kappa shape index (κ2) is 7.25. The number of aromatic nitrogens is 3. The van der Waals surface area contributed by atoms with Crippen molar-refractivity contribution in [2.75, 3.05) is 18.2 Å². The van der Waals surface area contributed by atoms with Crippen LogP contribution in [0.15, 0.2) is 23.4 Å². The summed E-state index contributed by atoms with van der Waals surface area (Å²) in [4.78, 5) is 0. The van der Waals surface area contributed by atoms with Gasteiger partial charge in [-0.2, -0.15) is 0 Å². The average molecular weight is 334 g/mol. The Hall–Kier alpha value is -1.69. The minimum absolute atomic E-state index is 0.105. The second-order valence-corrected chi connectivity index (χ2v) is 7.81. The van der Waals surface area contributed by atoms with E-state index in [0.29, 0.717) is 6.61 Å². The number of thioether (sulfide) groups is 1. The molecule has 2 aromatic rings. The summed E-state index contributed by atoms with van der Waals surface area (Å²) < 4.78 is 7.45. The predicted octanol–water partition coefficient (Wildman–Crippen LogP) is 3.47. The minimum atomic E-state index is -0.105. The summed E-state index contributed by atoms with van der Waals surface area (Å²) in [6, 6.07) is 6.26. The first kappa shape index (κ1) is 17.7. The Labute approximate surface area is 142 Å². The van der Waals surface area contributed by atoms with Crippen LogP contribution in [0.3, 0.4) is 0 Å². The van der Waals surface area contributed by atoms with Crippen LogP contribution >= 0.6 is 11.8 Å². The van der Waals surface area contributed by atoms with Crippen LogP contribution in [-0.2, 0) is 5.41 Å². The van der Waals surface area contributed by atoms with Crippen molar-refractivity contribution in [3.8, 4) is 5.75 Å². The fraction of sp³-hybridized carbons (Fsp3) is 0.529. The topological polar surface area (TPSA) is 66.0 Å². The van der Waals surface area contributed by atoms with Gasteiger partial charge < -0.3 is 10.6 Å². The van der Waals surface area contributed by atoms with Gasteiger partial charge in [0.05, 0.1) is 6.61 Å². The molecule has 0 aliphatic heterocycles. The molecule has 23 heavy (non-hydrogen) atoms. The number of nitrogens with zero attached hydrogens (tertiary/aromatic N) is 3. The van der Waals surface area contributed by atoms with E-state index in [0.717, 1.165) is 28.9 Å². The normalized spacial score (nSPS) is 11.7. The van der Waals surface area contributed by atoms with E-state index in [4.69, 9.17) is 10.6 Å². The number of benzene rings is 1. The molecule has 0 saturated carbocycles. The van der Waals surface area contributed by atoms with Gasteiger partial charge in [0.1, 0.15) is 5.75 Å². The lowest BCUT2D eigenvalue weighted by atomic mass is 9.96. The molecule has 0 aliphatic rings. The summed E-state index contributed by atoms with van der Waals surface area (Å²) in [7, 11) is 0. The van der Waals surface area contributed by atoms with E-state index < -0.39 is 0 Å². The van der Waals surface area contributed by atoms with Gasteiger partial charge in [-0.1, -0.05) is 44.7 Å². The summed E-state index contributed by atoms with van der Waals surface area (Å²) in [6.45, 7) is 11.0. The van der Waals surface area contributed by atoms with Crippen molar-refractivity contribution < 1.29 is 4.74 Å². The van der Waals surface area contributed by atoms with Crippen molar-refractivity contribution in [3.63, 3.8) is 0 Å². The van der Waals surface area contributed by atoms with Crippen LogP contribution in [0.4, 0.5) is 0 Å². The third-order valence-corrected chi connectivity index (χ3v) is 4.49. The van der Waals surface area contributed by atoms with Crippen LogP contribution in [0.1, 0.15) is 44.1 Å². The molecule has 2 N–H and O–H groups in total. The van der Waals surface area contributed by atoms with Gasteiger partial charge in [0, 0.05) is 11.2 Å². The number of ether oxygens (including phenoxy) is 1. The molecule has 0 unspecified atom stereocenters. The highest BCUT2D eigenvalue weighted by Gasteiger charge is 2.22. The molecule has 0 radical (unpaired) electrons. The van der Waals surface area contributed by atoms with E-state index in [1.807, 2.05) is 0 Å². The molecule has 0 aliphatic carbocycles. The summed E-state index contributed by atoms with van der Waals surface area (Å²) in [5, 5.41) is 9.12. The number of rotatable bonds is 6. The van der Waals surface area contributed by atoms with E-state index in [1.54, 1.807) is 16.4 Å². The number of hydrogen-bond acceptors (Lipinski definition) is 5. The smallest absolute Gasteiger partial charge is 0.209 e. The molecule has 5 nitrogen and oxygen atoms in total. The molecule has 0 amide bonds. The van der Waals surface area contributed by atoms with Gasteiger partial charge in [-0.25, -0.2) is 4.68 Å². The van der Waals surface area contributed by atoms with Crippen LogP contribution in [0, 0.1) is 13.8 Å². The fourth-order valence-electron chi connectivity index (χ4n) is 2.15. The van der Waals surface area contributed by atoms with Gasteiger partial charge >= 0.3 is 0 Å². The zero-order valence-electron chi connectivity index (χ0n) is 14.6. The quantitative estimate of drug-likeness (QED) is 0.498. The van der Waals surface area contributed by atoms with Gasteiger partial charge in [-0.15, -0.1) is 10.2 Å². The van der Waals surface area contributed by atoms with Crippen LogP contribution in [-0.4, -0.2) is 27.2 Å². The maximum Gasteiger partial charge on any atom is 0.209 e. The molecule has 0 fully saturated rings. The highest BCUT2D eigenvalue weighted by molar-refractivity contribution is 7.99. The molecule has 6 heteroatoms. The lowest BCUT2D eigenvalue weighted by Crippen LogP contribution is -2.24. The van der Waals surface area contributed by atoms with Gasteiger partial charge in [0.15, 0.2) is 5.82 Å². The number of nitrogen functional groups attached to an aromatic ring is 1. The Bertz CT molecular complexity index is 661. The first-order valence-electron chi connectivity index (χ1n) is 7.83. The number of hydrogen-bond donors (Lipinski definition) is 1. The summed E-state index contributed by atoms with van der Waals surface area (Å²) >= 11 is 1.61. The maximum atomic E-state index is 6.07. The van der Waals surface area contributed by atoms with Gasteiger partial charge in [0.25, 0.3) is 0 Å². The van der Waals surface area contributed by atoms with Crippen molar-refractivity contribution in [1.82, 2.24) is 14.9 Å². The lowest BCUT2D eigenvalue weighted by Gasteiger charge is -2.16. The van der Waals surface area contributed by atoms with E-state index in [2.05, 4.69) is 63.0 Å². The monoisotopic (exact) mass is 334 g/mol. The molecular weight excluding hydrogens is 308 g/mol. The molecule has 2 rings (SSSR count). The van der Waals surface area contributed by atoms with Crippen LogP contribution < -0.4 is 10.6 Å². The Morgan fingerprint density at radius 3 is 2.61 bits per heavy atom. The average Bonchev–Trinajstić information content (AvgIpc) is 2.83. The maximum absolute atomic E-state index is 6.07. The van der Waals surface area contributed by atoms with Crippen molar-refractivity contribution in [2.45, 2.75) is 51.6 Å². The molecular formula is C17H26N4OS. The highest BCUT2D eigenvalue weighted by atomic mass is 32.2. The zero-order chi connectivity index (χ0) is 17.0. The molecule has 0 saturated heterocycles. The third-order valence-electron chi connectivity index (χ3n) is 3.46. The number of aryl methyl sites for hydroxylation is 2. The van der Waals surface area contributed by atoms with Gasteiger partial charge in [0.2, 0.25) is 5.16 Å². The largest absolute Gasteiger partial charge is 0.493 e. The van der Waals surface area contributed by atoms with Crippen molar-refractivity contribution in [1.29, 1.82) is 0 Å². The van der Waals surface area contributed by atoms with E-state index in [1.165, 1.54) is 11.1 Å². The minimum Gasteiger partial charge on any atom is -0.493 e. The predicted molar refractivity (Wildman–Crippen MR) is 95.6 cm³/mol. The second-order valence-electron chi connectivity index (χ2n) is 6.75. The van der Waals surface area contributed by atoms with Crippen molar-refractivity contribution in [2.24, 2.45) is 0 Å². The Kier molecular flexibility index (Phi) is 5.57. The van der Waals surface area contributed by atoms with Gasteiger partial charge in [-0.05, 0) is 37.5 Å². The van der Waals surface area contributed by atoms with E-state index in [9.17, 15) is 0 Å². The standard InChI is InChI=1S/C17H26N4OS/c1-12-7-8-13(2)14(11-12)22-9-6-10-23-16-20-19-15(21(16)18)17(3,4)5/h7-8,11H,6,9-10,18H2,1-5H3. The molecule has 0 atom stereocenters. The van der Waals surface area contributed by atoms with Crippen LogP contribution in [0.25, 0.3) is 0 Å². The first-order chi connectivity index (χ1) is 10.8. The first-order valence-corrected chi connectivity index (χ1v) is 8.81. The molecule has 0 spiro atoms. The summed E-state index contributed by atoms with van der Waals surface area (Å²) in [5.41, 5.74) is 2.28. The molecule has 0 bridgehead atoms. The van der Waals surface area contributed by atoms with E-state index >= 15 is 0 Å². The highest BCUT2D eigenvalue weighted by Crippen LogP contribution is 2.24. The number of nitrogens with two attached hydrogens (primary N) is 1. The summed E-state index contributed by atoms with van der Waals surface area (Å²) in [5.74, 6) is 8.73. The third kappa shape index (κ3) is 4.64. The van der Waals surface area contributed by atoms with Crippen LogP contribution in [0.2, 0.25) is 0 Å². The van der Waals surface area contributed by atoms with Crippen molar-refractivity contribution >= 4 is 11.8 Å². The van der Waals surface area contributed by atoms with Gasteiger partial charge in [-0.3, -0.25) is 0 Å². The molecule has 1 aromatic carbocycles. The Morgan fingerprint density at radius 2 is 1.96 bits per heavy atom. The molecule has 1 heterocycles. The SMILES string of the molecule is Cc1ccc(C)c(OCCCSc2nnc(C(C)(C)C)n2N)c1. The van der Waals surface area contributed by atoms with Crippen LogP contribution in [0.5, 0.6) is 5.75 Å². The van der Waals surface area contributed by atoms with E-state index in [-0.39, 0.29) is 5.41 Å². The Balaban J connectivity index is 1.80. The Morgan fingerprint density at radius 1 is 1.22 bits per heavy atom. The molecule has 1 aromatic heterocycles. The lowest BCUT2D eigenvalue weighted by molar-refractivity contribution is 0.316. The zero-order valence-corrected chi connectivity index (χ0v) is 15.4. The fourth-order valence-corrected chi connectivity index (χ4v) is 2.92. The van der Waals surface area contributed by atoms with Crippen molar-refractivity contribution in [3.05, 3.63) is 35.2 Å². The summed E-state index contributed by atoms with van der Waals surface area (Å²) in [6.07, 6.45) is 0.926. The molecule has 126 valence electrons.